The molecule has 2 atom stereocenters. The average Bonchev–Trinajstić information content (AvgIpc) is 2.87. The van der Waals surface area contributed by atoms with E-state index in [1.165, 1.54) is 0 Å². The van der Waals surface area contributed by atoms with Crippen molar-refractivity contribution in [2.24, 2.45) is 0 Å². The van der Waals surface area contributed by atoms with Crippen molar-refractivity contribution >= 4 is 19.8 Å². The highest BCUT2D eigenvalue weighted by Crippen LogP contribution is 2.38. The number of carbonyl (C=O) groups excluding carboxylic acids is 2. The van der Waals surface area contributed by atoms with Crippen molar-refractivity contribution in [2.45, 2.75) is 97.0 Å². The zero-order valence-corrected chi connectivity index (χ0v) is 26.4. The second-order valence-corrected chi connectivity index (χ2v) is 12.1. The summed E-state index contributed by atoms with van der Waals surface area (Å²) in [5.41, 5.74) is 0. The Bertz CT molecular complexity index is 804. The number of nitrogens with zero attached hydrogens (tertiary/aromatic N) is 1. The lowest BCUT2D eigenvalue weighted by Gasteiger charge is -2.28. The van der Waals surface area contributed by atoms with Gasteiger partial charge in [-0.25, -0.2) is 0 Å². The van der Waals surface area contributed by atoms with Crippen LogP contribution < -0.4 is 4.89 Å². The SMILES string of the molecule is CC/C=C\C/C=C\C/C=C\CCCCCC(=O)OC(COC(=O)CCCCC)COP(=O)([O-])OCC[N+](C)(C)C. The van der Waals surface area contributed by atoms with Crippen LogP contribution in [0.5, 0.6) is 0 Å². The number of quaternary nitrogens is 1. The van der Waals surface area contributed by atoms with Crippen LogP contribution in [0.3, 0.4) is 0 Å². The highest BCUT2D eigenvalue weighted by Gasteiger charge is 2.21. The van der Waals surface area contributed by atoms with Gasteiger partial charge in [0.2, 0.25) is 0 Å². The number of hydrogen-bond donors (Lipinski definition) is 0. The number of allylic oxidation sites excluding steroid dienone is 6. The predicted molar refractivity (Wildman–Crippen MR) is 157 cm³/mol. The maximum atomic E-state index is 12.4. The lowest BCUT2D eigenvalue weighted by molar-refractivity contribution is -0.870. The number of unbranched alkanes of at least 4 members (excludes halogenated alkanes) is 5. The third-order valence-electron chi connectivity index (χ3n) is 5.67. The molecule has 9 nitrogen and oxygen atoms in total. The smallest absolute Gasteiger partial charge is 0.306 e. The molecule has 40 heavy (non-hydrogen) atoms. The average molecular weight is 588 g/mol. The lowest BCUT2D eigenvalue weighted by Crippen LogP contribution is -2.37. The summed E-state index contributed by atoms with van der Waals surface area (Å²) in [5, 5.41) is 0. The van der Waals surface area contributed by atoms with Crippen LogP contribution in [0.25, 0.3) is 0 Å². The van der Waals surface area contributed by atoms with E-state index in [4.69, 9.17) is 18.5 Å². The Labute approximate surface area is 242 Å². The van der Waals surface area contributed by atoms with Gasteiger partial charge in [0.05, 0.1) is 27.7 Å². The number of ether oxygens (including phenoxy) is 2. The molecule has 0 radical (unpaired) electrons. The van der Waals surface area contributed by atoms with Gasteiger partial charge in [0, 0.05) is 12.8 Å². The van der Waals surface area contributed by atoms with E-state index < -0.39 is 32.5 Å². The summed E-state index contributed by atoms with van der Waals surface area (Å²) in [4.78, 5) is 36.5. The molecule has 0 saturated heterocycles. The van der Waals surface area contributed by atoms with Crippen LogP contribution in [0.2, 0.25) is 0 Å². The summed E-state index contributed by atoms with van der Waals surface area (Å²) in [6.07, 6.45) is 21.2. The molecular weight excluding hydrogens is 533 g/mol. The molecule has 10 heteroatoms. The fourth-order valence-corrected chi connectivity index (χ4v) is 4.04. The molecule has 0 saturated carbocycles. The highest BCUT2D eigenvalue weighted by atomic mass is 31.2. The summed E-state index contributed by atoms with van der Waals surface area (Å²) in [6, 6.07) is 0. The molecule has 232 valence electrons. The molecule has 0 heterocycles. The predicted octanol–water partition coefficient (Wildman–Crippen LogP) is 6.04. The van der Waals surface area contributed by atoms with E-state index >= 15 is 0 Å². The van der Waals surface area contributed by atoms with Gasteiger partial charge in [0.15, 0.2) is 6.10 Å². The first-order valence-corrected chi connectivity index (χ1v) is 16.2. The minimum absolute atomic E-state index is 0.0380. The second-order valence-electron chi connectivity index (χ2n) is 10.7. The first kappa shape index (κ1) is 38.2. The van der Waals surface area contributed by atoms with Crippen molar-refractivity contribution < 1.29 is 42.1 Å². The molecule has 0 aliphatic carbocycles. The zero-order valence-electron chi connectivity index (χ0n) is 25.5. The fourth-order valence-electron chi connectivity index (χ4n) is 3.31. The van der Waals surface area contributed by atoms with Gasteiger partial charge in [-0.1, -0.05) is 69.6 Å². The Hall–Kier alpha value is -1.77. The topological polar surface area (TPSA) is 111 Å². The third kappa shape index (κ3) is 26.5. The van der Waals surface area contributed by atoms with Gasteiger partial charge >= 0.3 is 11.9 Å². The molecule has 0 bridgehead atoms. The molecule has 0 fully saturated rings. The van der Waals surface area contributed by atoms with Crippen molar-refractivity contribution in [2.75, 3.05) is 47.5 Å². The van der Waals surface area contributed by atoms with Crippen molar-refractivity contribution in [1.29, 1.82) is 0 Å². The largest absolute Gasteiger partial charge is 0.756 e. The Balaban J connectivity index is 4.50. The number of likely N-dealkylation sites (N-methyl/N-ethyl adjacent to an activating group) is 1. The molecule has 0 spiro atoms. The first-order chi connectivity index (χ1) is 19.0. The van der Waals surface area contributed by atoms with E-state index in [0.717, 1.165) is 51.4 Å². The minimum atomic E-state index is -4.60. The van der Waals surface area contributed by atoms with Gasteiger partial charge in [0.1, 0.15) is 19.8 Å². The zero-order chi connectivity index (χ0) is 30.1. The second kappa shape index (κ2) is 23.9. The van der Waals surface area contributed by atoms with Crippen LogP contribution in [-0.4, -0.2) is 70.0 Å². The Morgan fingerprint density at radius 2 is 1.43 bits per heavy atom. The quantitative estimate of drug-likeness (QED) is 0.0418. The molecule has 0 amide bonds. The van der Waals surface area contributed by atoms with E-state index in [2.05, 4.69) is 43.4 Å². The molecule has 0 aromatic heterocycles. The van der Waals surface area contributed by atoms with E-state index in [-0.39, 0.29) is 26.1 Å². The molecule has 0 aromatic rings. The monoisotopic (exact) mass is 587 g/mol. The first-order valence-electron chi connectivity index (χ1n) is 14.7. The van der Waals surface area contributed by atoms with Gasteiger partial charge in [0.25, 0.3) is 7.82 Å². The van der Waals surface area contributed by atoms with Crippen molar-refractivity contribution in [3.63, 3.8) is 0 Å². The van der Waals surface area contributed by atoms with E-state index in [0.29, 0.717) is 23.9 Å². The van der Waals surface area contributed by atoms with Gasteiger partial charge in [-0.3, -0.25) is 14.2 Å². The number of esters is 2. The molecule has 0 rings (SSSR count). The van der Waals surface area contributed by atoms with Crippen LogP contribution in [0.15, 0.2) is 36.5 Å². The number of rotatable bonds is 25. The summed E-state index contributed by atoms with van der Waals surface area (Å²) in [7, 11) is 1.13. The standard InChI is InChI=1S/C30H54NO8P/c1-6-8-10-11-12-13-14-15-16-17-18-19-21-23-30(33)39-28(26-36-29(32)22-20-9-7-2)27-38-40(34,35)37-25-24-31(3,4)5/h8,10,12-13,15-16,28H,6-7,9,11,14,17-27H2,1-5H3/b10-8-,13-12-,16-15-. The molecule has 0 aromatic carbocycles. The number of phosphoric ester groups is 1. The van der Waals surface area contributed by atoms with Crippen molar-refractivity contribution in [3.8, 4) is 0 Å². The molecular formula is C30H54NO8P. The summed E-state index contributed by atoms with van der Waals surface area (Å²) in [5.74, 6) is -0.906. The maximum absolute atomic E-state index is 12.4. The summed E-state index contributed by atoms with van der Waals surface area (Å²) < 4.78 is 33.1. The van der Waals surface area contributed by atoms with E-state index in [1.807, 2.05) is 28.1 Å². The Morgan fingerprint density at radius 1 is 0.800 bits per heavy atom. The Morgan fingerprint density at radius 3 is 2.08 bits per heavy atom. The number of phosphoric acid groups is 1. The fraction of sp³-hybridized carbons (Fsp3) is 0.733. The Kier molecular flexibility index (Phi) is 22.8. The molecule has 0 aliphatic rings. The lowest BCUT2D eigenvalue weighted by atomic mass is 10.1. The maximum Gasteiger partial charge on any atom is 0.306 e. The van der Waals surface area contributed by atoms with E-state index in [1.54, 1.807) is 0 Å². The van der Waals surface area contributed by atoms with Gasteiger partial charge in [-0.05, 0) is 44.9 Å². The third-order valence-corrected chi connectivity index (χ3v) is 6.64. The number of hydrogen-bond acceptors (Lipinski definition) is 8. The van der Waals surface area contributed by atoms with Crippen LogP contribution >= 0.6 is 7.82 Å². The van der Waals surface area contributed by atoms with Gasteiger partial charge < -0.3 is 27.9 Å². The van der Waals surface area contributed by atoms with Crippen LogP contribution in [0.4, 0.5) is 0 Å². The van der Waals surface area contributed by atoms with Crippen molar-refractivity contribution in [1.82, 2.24) is 0 Å². The summed E-state index contributed by atoms with van der Waals surface area (Å²) in [6.45, 7) is 3.83. The van der Waals surface area contributed by atoms with Crippen LogP contribution in [0, 0.1) is 0 Å². The van der Waals surface area contributed by atoms with Crippen LogP contribution in [0.1, 0.15) is 90.9 Å². The highest BCUT2D eigenvalue weighted by molar-refractivity contribution is 7.45. The minimum Gasteiger partial charge on any atom is -0.756 e. The van der Waals surface area contributed by atoms with Crippen molar-refractivity contribution in [3.05, 3.63) is 36.5 Å². The molecule has 2 unspecified atom stereocenters. The molecule has 0 aliphatic heterocycles. The van der Waals surface area contributed by atoms with Gasteiger partial charge in [-0.2, -0.15) is 0 Å². The van der Waals surface area contributed by atoms with Gasteiger partial charge in [-0.15, -0.1) is 0 Å². The van der Waals surface area contributed by atoms with Crippen LogP contribution in [-0.2, 0) is 32.7 Å². The summed E-state index contributed by atoms with van der Waals surface area (Å²) >= 11 is 0. The molecule has 0 N–H and O–H groups in total. The van der Waals surface area contributed by atoms with E-state index in [9.17, 15) is 19.0 Å². The number of carbonyl (C=O) groups is 2. The normalized spacial score (nSPS) is 14.7.